The van der Waals surface area contributed by atoms with Gasteiger partial charge in [-0.15, -0.1) is 0 Å². The van der Waals surface area contributed by atoms with E-state index >= 15 is 0 Å². The van der Waals surface area contributed by atoms with Crippen molar-refractivity contribution in [3.05, 3.63) is 108 Å². The standard InChI is InChI=1S/C31H22/c1-31(2)29-26(16-15-21-17-19-9-3-4-10-20(19)18-27(21)29)28-24-13-7-5-11-22(24)23-12-6-8-14-25(23)30(28)31/h3-18H,1-2H3. The second-order valence-corrected chi connectivity index (χ2v) is 9.37. The molecule has 0 aromatic heterocycles. The van der Waals surface area contributed by atoms with Gasteiger partial charge in [0.05, 0.1) is 0 Å². The van der Waals surface area contributed by atoms with Crippen molar-refractivity contribution in [1.29, 1.82) is 0 Å². The summed E-state index contributed by atoms with van der Waals surface area (Å²) < 4.78 is 0. The molecule has 0 saturated carbocycles. The highest BCUT2D eigenvalue weighted by Crippen LogP contribution is 2.56. The second kappa shape index (κ2) is 5.74. The Morgan fingerprint density at radius 2 is 1.03 bits per heavy atom. The molecule has 0 radical (unpaired) electrons. The molecular formula is C31H22. The first-order valence-corrected chi connectivity index (χ1v) is 11.0. The van der Waals surface area contributed by atoms with Crippen LogP contribution >= 0.6 is 0 Å². The molecule has 0 heterocycles. The van der Waals surface area contributed by atoms with E-state index in [1.54, 1.807) is 0 Å². The number of fused-ring (bicyclic) bond motifs is 11. The maximum atomic E-state index is 2.41. The van der Waals surface area contributed by atoms with Gasteiger partial charge < -0.3 is 0 Å². The van der Waals surface area contributed by atoms with Crippen LogP contribution in [0.2, 0.25) is 0 Å². The molecule has 0 atom stereocenters. The topological polar surface area (TPSA) is 0 Å². The number of hydrogen-bond acceptors (Lipinski definition) is 0. The van der Waals surface area contributed by atoms with E-state index in [-0.39, 0.29) is 5.41 Å². The van der Waals surface area contributed by atoms with Crippen molar-refractivity contribution in [3.8, 4) is 11.1 Å². The van der Waals surface area contributed by atoms with Gasteiger partial charge in [-0.2, -0.15) is 0 Å². The highest BCUT2D eigenvalue weighted by atomic mass is 14.4. The fourth-order valence-corrected chi connectivity index (χ4v) is 6.09. The molecule has 0 amide bonds. The fraction of sp³-hybridized carbons (Fsp3) is 0.0968. The van der Waals surface area contributed by atoms with Crippen molar-refractivity contribution in [1.82, 2.24) is 0 Å². The van der Waals surface area contributed by atoms with Crippen LogP contribution in [0.3, 0.4) is 0 Å². The highest BCUT2D eigenvalue weighted by Gasteiger charge is 2.39. The third-order valence-corrected chi connectivity index (χ3v) is 7.34. The summed E-state index contributed by atoms with van der Waals surface area (Å²) in [5.74, 6) is 0. The fourth-order valence-electron chi connectivity index (χ4n) is 6.09. The number of benzene rings is 6. The summed E-state index contributed by atoms with van der Waals surface area (Å²) in [7, 11) is 0. The van der Waals surface area contributed by atoms with Gasteiger partial charge in [-0.3, -0.25) is 0 Å². The molecule has 1 aliphatic rings. The molecule has 0 bridgehead atoms. The molecule has 0 aliphatic heterocycles. The molecule has 0 fully saturated rings. The first kappa shape index (κ1) is 17.1. The molecular weight excluding hydrogens is 372 g/mol. The van der Waals surface area contributed by atoms with Crippen LogP contribution < -0.4 is 0 Å². The highest BCUT2D eigenvalue weighted by molar-refractivity contribution is 6.19. The van der Waals surface area contributed by atoms with Gasteiger partial charge in [-0.05, 0) is 77.5 Å². The summed E-state index contributed by atoms with van der Waals surface area (Å²) in [6.45, 7) is 4.82. The Hall–Kier alpha value is -3.64. The van der Waals surface area contributed by atoms with E-state index in [1.807, 2.05) is 0 Å². The first-order valence-electron chi connectivity index (χ1n) is 11.0. The normalized spacial score (nSPS) is 14.4. The Morgan fingerprint density at radius 1 is 0.452 bits per heavy atom. The molecule has 6 aromatic rings. The van der Waals surface area contributed by atoms with Crippen LogP contribution in [0.25, 0.3) is 54.2 Å². The molecule has 0 saturated heterocycles. The molecule has 1 aliphatic carbocycles. The van der Waals surface area contributed by atoms with E-state index in [1.165, 1.54) is 65.3 Å². The van der Waals surface area contributed by atoms with E-state index in [0.29, 0.717) is 0 Å². The van der Waals surface area contributed by atoms with Crippen molar-refractivity contribution >= 4 is 43.1 Å². The zero-order valence-electron chi connectivity index (χ0n) is 17.7. The van der Waals surface area contributed by atoms with Crippen LogP contribution in [0.5, 0.6) is 0 Å². The van der Waals surface area contributed by atoms with Crippen molar-refractivity contribution < 1.29 is 0 Å². The Morgan fingerprint density at radius 3 is 1.77 bits per heavy atom. The Bertz CT molecular complexity index is 1700. The van der Waals surface area contributed by atoms with Crippen LogP contribution in [-0.2, 0) is 5.41 Å². The maximum Gasteiger partial charge on any atom is 0.0171 e. The lowest BCUT2D eigenvalue weighted by molar-refractivity contribution is 0.672. The first-order chi connectivity index (χ1) is 15.1. The van der Waals surface area contributed by atoms with Crippen molar-refractivity contribution in [2.45, 2.75) is 19.3 Å². The summed E-state index contributed by atoms with van der Waals surface area (Å²) >= 11 is 0. The van der Waals surface area contributed by atoms with Gasteiger partial charge in [-0.25, -0.2) is 0 Å². The van der Waals surface area contributed by atoms with Crippen molar-refractivity contribution in [3.63, 3.8) is 0 Å². The minimum atomic E-state index is -0.0731. The Labute approximate surface area is 181 Å². The summed E-state index contributed by atoms with van der Waals surface area (Å²) in [4.78, 5) is 0. The lowest BCUT2D eigenvalue weighted by atomic mass is 9.77. The van der Waals surface area contributed by atoms with Crippen LogP contribution in [0.4, 0.5) is 0 Å². The maximum absolute atomic E-state index is 2.41. The van der Waals surface area contributed by atoms with E-state index in [2.05, 4.69) is 111 Å². The molecule has 0 heteroatoms. The minimum Gasteiger partial charge on any atom is -0.0616 e. The number of hydrogen-bond donors (Lipinski definition) is 0. The Kier molecular flexibility index (Phi) is 3.16. The molecule has 0 spiro atoms. The smallest absolute Gasteiger partial charge is 0.0171 e. The van der Waals surface area contributed by atoms with E-state index in [4.69, 9.17) is 0 Å². The van der Waals surface area contributed by atoms with Crippen molar-refractivity contribution in [2.75, 3.05) is 0 Å². The minimum absolute atomic E-state index is 0.0731. The molecule has 7 rings (SSSR count). The zero-order chi connectivity index (χ0) is 20.7. The van der Waals surface area contributed by atoms with Gasteiger partial charge in [0.1, 0.15) is 0 Å². The largest absolute Gasteiger partial charge is 0.0616 e. The quantitative estimate of drug-likeness (QED) is 0.179. The third kappa shape index (κ3) is 2.10. The third-order valence-electron chi connectivity index (χ3n) is 7.34. The van der Waals surface area contributed by atoms with Gasteiger partial charge >= 0.3 is 0 Å². The van der Waals surface area contributed by atoms with E-state index in [9.17, 15) is 0 Å². The SMILES string of the molecule is CC1(C)c2c(ccc3cc4ccccc4cc23)-c2c1c1ccccc1c1ccccc21. The predicted molar refractivity (Wildman–Crippen MR) is 134 cm³/mol. The molecule has 0 unspecified atom stereocenters. The monoisotopic (exact) mass is 394 g/mol. The molecule has 146 valence electrons. The van der Waals surface area contributed by atoms with Gasteiger partial charge in [0.15, 0.2) is 0 Å². The molecule has 0 nitrogen and oxygen atoms in total. The molecule has 31 heavy (non-hydrogen) atoms. The molecule has 6 aromatic carbocycles. The lowest BCUT2D eigenvalue weighted by Gasteiger charge is -2.25. The van der Waals surface area contributed by atoms with Crippen LogP contribution in [0.15, 0.2) is 97.1 Å². The van der Waals surface area contributed by atoms with E-state index in [0.717, 1.165) is 0 Å². The van der Waals surface area contributed by atoms with Crippen LogP contribution in [-0.4, -0.2) is 0 Å². The van der Waals surface area contributed by atoms with E-state index < -0.39 is 0 Å². The summed E-state index contributed by atoms with van der Waals surface area (Å²) in [6, 6.07) is 36.0. The van der Waals surface area contributed by atoms with Gasteiger partial charge in [0, 0.05) is 5.41 Å². The number of rotatable bonds is 0. The van der Waals surface area contributed by atoms with Crippen LogP contribution in [0.1, 0.15) is 25.0 Å². The average Bonchev–Trinajstić information content (AvgIpc) is 3.05. The van der Waals surface area contributed by atoms with Crippen molar-refractivity contribution in [2.24, 2.45) is 0 Å². The summed E-state index contributed by atoms with van der Waals surface area (Å²) in [6.07, 6.45) is 0. The van der Waals surface area contributed by atoms with Gasteiger partial charge in [0.2, 0.25) is 0 Å². The van der Waals surface area contributed by atoms with Crippen LogP contribution in [0, 0.1) is 0 Å². The summed E-state index contributed by atoms with van der Waals surface area (Å²) in [5.41, 5.74) is 5.68. The zero-order valence-corrected chi connectivity index (χ0v) is 17.7. The Balaban J connectivity index is 1.72. The lowest BCUT2D eigenvalue weighted by Crippen LogP contribution is -2.16. The summed E-state index contributed by atoms with van der Waals surface area (Å²) in [5, 5.41) is 10.8. The predicted octanol–water partition coefficient (Wildman–Crippen LogP) is 8.61. The second-order valence-electron chi connectivity index (χ2n) is 9.37. The average molecular weight is 395 g/mol. The van der Waals surface area contributed by atoms with Gasteiger partial charge in [0.25, 0.3) is 0 Å². The molecule has 0 N–H and O–H groups in total. The van der Waals surface area contributed by atoms with Gasteiger partial charge in [-0.1, -0.05) is 98.8 Å².